The minimum Gasteiger partial charge on any atom is -0.465 e. The number of aromatic amines is 1. The van der Waals surface area contributed by atoms with Gasteiger partial charge in [0.15, 0.2) is 0 Å². The van der Waals surface area contributed by atoms with Crippen LogP contribution in [0.3, 0.4) is 0 Å². The smallest absolute Gasteiger partial charge is 0.340 e. The van der Waals surface area contributed by atoms with Crippen LogP contribution in [0.4, 0.5) is 5.82 Å². The Kier molecular flexibility index (Phi) is 3.89. The maximum Gasteiger partial charge on any atom is 0.340 e. The van der Waals surface area contributed by atoms with Crippen LogP contribution in [-0.4, -0.2) is 33.0 Å². The summed E-state index contributed by atoms with van der Waals surface area (Å²) in [5, 5.41) is 3.67. The molecule has 0 amide bonds. The van der Waals surface area contributed by atoms with Gasteiger partial charge < -0.3 is 15.5 Å². The summed E-state index contributed by atoms with van der Waals surface area (Å²) in [6.07, 6.45) is 3.15. The van der Waals surface area contributed by atoms with Crippen molar-refractivity contribution in [2.75, 3.05) is 12.8 Å². The second-order valence-electron chi connectivity index (χ2n) is 5.70. The van der Waals surface area contributed by atoms with Gasteiger partial charge in [-0.05, 0) is 25.1 Å². The number of carbonyl (C=O) groups is 1. The molecule has 0 aliphatic rings. The maximum atomic E-state index is 12.0. The van der Waals surface area contributed by atoms with Crippen molar-refractivity contribution in [3.8, 4) is 22.6 Å². The number of carbonyl (C=O) groups excluding carboxylic acids is 1. The van der Waals surface area contributed by atoms with Crippen LogP contribution in [0.15, 0.2) is 36.0 Å². The van der Waals surface area contributed by atoms with Gasteiger partial charge >= 0.3 is 5.97 Å². The first kappa shape index (κ1) is 16.2. The first-order valence-corrected chi connectivity index (χ1v) is 8.69. The number of H-pyrrole nitrogens is 1. The van der Waals surface area contributed by atoms with Crippen LogP contribution in [0.5, 0.6) is 0 Å². The molecule has 26 heavy (non-hydrogen) atoms. The number of ether oxygens (including phenoxy) is 1. The lowest BCUT2D eigenvalue weighted by molar-refractivity contribution is 0.0602. The first-order valence-electron chi connectivity index (χ1n) is 7.81. The van der Waals surface area contributed by atoms with Crippen LogP contribution < -0.4 is 5.73 Å². The topological polar surface area (TPSA) is 107 Å². The van der Waals surface area contributed by atoms with Gasteiger partial charge in [0.05, 0.1) is 40.3 Å². The van der Waals surface area contributed by atoms with Gasteiger partial charge in [-0.2, -0.15) is 0 Å². The molecule has 4 heterocycles. The molecule has 0 bridgehead atoms. The van der Waals surface area contributed by atoms with Gasteiger partial charge in [0.1, 0.15) is 5.82 Å². The number of nitrogen functional groups attached to an aromatic ring is 1. The molecule has 3 N–H and O–H groups in total. The number of nitrogens with zero attached hydrogens (tertiary/aromatic N) is 3. The van der Waals surface area contributed by atoms with Gasteiger partial charge in [-0.3, -0.25) is 4.98 Å². The van der Waals surface area contributed by atoms with E-state index in [0.717, 1.165) is 27.7 Å². The van der Waals surface area contributed by atoms with Gasteiger partial charge in [-0.1, -0.05) is 0 Å². The number of aromatic nitrogens is 4. The Hall–Kier alpha value is -3.26. The van der Waals surface area contributed by atoms with Crippen molar-refractivity contribution in [3.05, 3.63) is 46.5 Å². The molecule has 8 heteroatoms. The summed E-state index contributed by atoms with van der Waals surface area (Å²) in [5.74, 6) is -0.155. The number of nitrogens with two attached hydrogens (primary N) is 1. The van der Waals surface area contributed by atoms with E-state index in [1.807, 2.05) is 30.5 Å². The lowest BCUT2D eigenvalue weighted by Crippen LogP contribution is -2.03. The molecule has 7 nitrogen and oxygen atoms in total. The highest BCUT2D eigenvalue weighted by molar-refractivity contribution is 7.09. The third-order valence-electron chi connectivity index (χ3n) is 4.05. The molecule has 0 fully saturated rings. The Balaban J connectivity index is 1.85. The molecular weight excluding hydrogens is 350 g/mol. The van der Waals surface area contributed by atoms with Crippen molar-refractivity contribution in [3.63, 3.8) is 0 Å². The fourth-order valence-electron chi connectivity index (χ4n) is 2.78. The fourth-order valence-corrected chi connectivity index (χ4v) is 3.40. The molecule has 4 rings (SSSR count). The predicted molar refractivity (Wildman–Crippen MR) is 101 cm³/mol. The zero-order chi connectivity index (χ0) is 18.3. The standard InChI is InChI=1S/C18H15N5O2S/c1-9-22-15(8-26-9)10-3-4-20-13(5-10)14-6-11-12(18(24)25-2)7-21-17(19)16(11)23-14/h3-8,23H,1-2H3,(H2,19,21). The number of thiazole rings is 1. The normalized spacial score (nSPS) is 11.0. The summed E-state index contributed by atoms with van der Waals surface area (Å²) in [5.41, 5.74) is 10.2. The average Bonchev–Trinajstić information content (AvgIpc) is 3.29. The lowest BCUT2D eigenvalue weighted by atomic mass is 10.1. The number of pyridine rings is 2. The summed E-state index contributed by atoms with van der Waals surface area (Å²) in [4.78, 5) is 28.2. The predicted octanol–water partition coefficient (Wildman–Crippen LogP) is 3.43. The number of esters is 1. The molecule has 130 valence electrons. The Morgan fingerprint density at radius 1 is 1.27 bits per heavy atom. The van der Waals surface area contributed by atoms with Gasteiger partial charge in [0.2, 0.25) is 0 Å². The fraction of sp³-hybridized carbons (Fsp3) is 0.111. The van der Waals surface area contributed by atoms with E-state index < -0.39 is 5.97 Å². The molecule has 0 saturated carbocycles. The van der Waals surface area contributed by atoms with E-state index in [2.05, 4.69) is 19.9 Å². The molecule has 4 aromatic rings. The number of fused-ring (bicyclic) bond motifs is 1. The molecule has 0 radical (unpaired) electrons. The van der Waals surface area contributed by atoms with E-state index in [1.54, 1.807) is 17.5 Å². The maximum absolute atomic E-state index is 12.0. The number of methoxy groups -OCH3 is 1. The minimum absolute atomic E-state index is 0.310. The van der Waals surface area contributed by atoms with Gasteiger partial charge in [-0.15, -0.1) is 11.3 Å². The molecule has 0 unspecified atom stereocenters. The summed E-state index contributed by atoms with van der Waals surface area (Å²) in [7, 11) is 1.33. The van der Waals surface area contributed by atoms with Crippen LogP contribution in [0, 0.1) is 6.92 Å². The van der Waals surface area contributed by atoms with Gasteiger partial charge in [0.25, 0.3) is 0 Å². The number of hydrogen-bond donors (Lipinski definition) is 2. The van der Waals surface area contributed by atoms with E-state index in [4.69, 9.17) is 10.5 Å². The summed E-state index contributed by atoms with van der Waals surface area (Å²) in [6, 6.07) is 5.69. The van der Waals surface area contributed by atoms with Crippen LogP contribution in [0.2, 0.25) is 0 Å². The van der Waals surface area contributed by atoms with Crippen molar-refractivity contribution in [1.29, 1.82) is 0 Å². The SMILES string of the molecule is COC(=O)c1cnc(N)c2[nH]c(-c3cc(-c4csc(C)n4)ccn3)cc12. The molecule has 0 aromatic carbocycles. The van der Waals surface area contributed by atoms with Crippen molar-refractivity contribution in [1.82, 2.24) is 19.9 Å². The van der Waals surface area contributed by atoms with Crippen molar-refractivity contribution in [2.24, 2.45) is 0 Å². The highest BCUT2D eigenvalue weighted by Crippen LogP contribution is 2.30. The minimum atomic E-state index is -0.465. The van der Waals surface area contributed by atoms with Crippen molar-refractivity contribution >= 4 is 34.0 Å². The Morgan fingerprint density at radius 3 is 2.85 bits per heavy atom. The van der Waals surface area contributed by atoms with E-state index in [9.17, 15) is 4.79 Å². The number of hydrogen-bond acceptors (Lipinski definition) is 7. The van der Waals surface area contributed by atoms with E-state index in [-0.39, 0.29) is 0 Å². The lowest BCUT2D eigenvalue weighted by Gasteiger charge is -2.01. The molecule has 0 spiro atoms. The van der Waals surface area contributed by atoms with Crippen molar-refractivity contribution in [2.45, 2.75) is 6.92 Å². The van der Waals surface area contributed by atoms with E-state index >= 15 is 0 Å². The highest BCUT2D eigenvalue weighted by atomic mass is 32.1. The van der Waals surface area contributed by atoms with Crippen LogP contribution in [0.1, 0.15) is 15.4 Å². The Morgan fingerprint density at radius 2 is 2.12 bits per heavy atom. The quantitative estimate of drug-likeness (QED) is 0.539. The highest BCUT2D eigenvalue weighted by Gasteiger charge is 2.17. The van der Waals surface area contributed by atoms with Crippen LogP contribution >= 0.6 is 11.3 Å². The second-order valence-corrected chi connectivity index (χ2v) is 6.76. The first-order chi connectivity index (χ1) is 12.6. The molecule has 0 aliphatic carbocycles. The Bertz CT molecular complexity index is 1130. The van der Waals surface area contributed by atoms with E-state index in [0.29, 0.717) is 22.3 Å². The van der Waals surface area contributed by atoms with Crippen LogP contribution in [0.25, 0.3) is 33.5 Å². The van der Waals surface area contributed by atoms with Gasteiger partial charge in [-0.25, -0.2) is 14.8 Å². The third kappa shape index (κ3) is 2.70. The second kappa shape index (κ2) is 6.23. The summed E-state index contributed by atoms with van der Waals surface area (Å²) < 4.78 is 4.82. The van der Waals surface area contributed by atoms with Crippen LogP contribution in [-0.2, 0) is 4.74 Å². The zero-order valence-electron chi connectivity index (χ0n) is 14.1. The Labute approximate surface area is 152 Å². The summed E-state index contributed by atoms with van der Waals surface area (Å²) >= 11 is 1.60. The largest absolute Gasteiger partial charge is 0.465 e. The monoisotopic (exact) mass is 365 g/mol. The molecule has 0 saturated heterocycles. The number of anilines is 1. The number of rotatable bonds is 3. The van der Waals surface area contributed by atoms with Gasteiger partial charge in [0, 0.05) is 28.7 Å². The van der Waals surface area contributed by atoms with E-state index in [1.165, 1.54) is 13.3 Å². The number of nitrogens with one attached hydrogen (secondary N) is 1. The number of aryl methyl sites for hydroxylation is 1. The molecule has 4 aromatic heterocycles. The zero-order valence-corrected chi connectivity index (χ0v) is 14.9. The molecular formula is C18H15N5O2S. The summed E-state index contributed by atoms with van der Waals surface area (Å²) in [6.45, 7) is 1.97. The molecule has 0 aliphatic heterocycles. The van der Waals surface area contributed by atoms with Crippen molar-refractivity contribution < 1.29 is 9.53 Å². The average molecular weight is 365 g/mol. The molecule has 0 atom stereocenters. The third-order valence-corrected chi connectivity index (χ3v) is 4.83.